The SMILES string of the molecule is CCCCC(CC)CNC(CC)(CC)CC. The van der Waals surface area contributed by atoms with Crippen LogP contribution < -0.4 is 5.32 Å². The Balaban J connectivity index is 4.05. The molecule has 1 heteroatoms. The molecule has 1 N–H and O–H groups in total. The van der Waals surface area contributed by atoms with E-state index in [4.69, 9.17) is 0 Å². The summed E-state index contributed by atoms with van der Waals surface area (Å²) in [7, 11) is 0. The minimum absolute atomic E-state index is 0.402. The number of hydrogen-bond donors (Lipinski definition) is 1. The molecule has 0 aliphatic rings. The number of rotatable bonds is 10. The molecule has 1 atom stereocenters. The molecule has 1 unspecified atom stereocenters. The maximum Gasteiger partial charge on any atom is 0.0173 e. The summed E-state index contributed by atoms with van der Waals surface area (Å²) >= 11 is 0. The van der Waals surface area contributed by atoms with Gasteiger partial charge in [0.05, 0.1) is 0 Å². The van der Waals surface area contributed by atoms with Gasteiger partial charge in [-0.05, 0) is 38.1 Å². The summed E-state index contributed by atoms with van der Waals surface area (Å²) in [6, 6.07) is 0. The van der Waals surface area contributed by atoms with Crippen molar-refractivity contribution in [2.24, 2.45) is 5.92 Å². The van der Waals surface area contributed by atoms with Gasteiger partial charge in [0.15, 0.2) is 0 Å². The Morgan fingerprint density at radius 3 is 1.88 bits per heavy atom. The molecule has 0 rings (SSSR count). The van der Waals surface area contributed by atoms with Gasteiger partial charge < -0.3 is 5.32 Å². The van der Waals surface area contributed by atoms with Crippen molar-refractivity contribution in [2.45, 2.75) is 85.1 Å². The largest absolute Gasteiger partial charge is 0.311 e. The lowest BCUT2D eigenvalue weighted by Gasteiger charge is -2.33. The van der Waals surface area contributed by atoms with Gasteiger partial charge in [-0.15, -0.1) is 0 Å². The Hall–Kier alpha value is -0.0400. The third-order valence-corrected chi connectivity index (χ3v) is 4.34. The van der Waals surface area contributed by atoms with Crippen molar-refractivity contribution in [3.05, 3.63) is 0 Å². The average Bonchev–Trinajstić information content (AvgIpc) is 2.35. The molecule has 0 aliphatic heterocycles. The van der Waals surface area contributed by atoms with E-state index in [1.54, 1.807) is 0 Å². The second kappa shape index (κ2) is 9.04. The molecule has 0 bridgehead atoms. The Labute approximate surface area is 103 Å². The molecule has 0 aromatic rings. The van der Waals surface area contributed by atoms with Crippen LogP contribution in [-0.2, 0) is 0 Å². The molecule has 0 aromatic carbocycles. The lowest BCUT2D eigenvalue weighted by atomic mass is 9.88. The second-order valence-electron chi connectivity index (χ2n) is 5.14. The molecule has 0 fully saturated rings. The molecule has 0 heterocycles. The quantitative estimate of drug-likeness (QED) is 0.567. The molecule has 16 heavy (non-hydrogen) atoms. The van der Waals surface area contributed by atoms with Crippen molar-refractivity contribution in [1.29, 1.82) is 0 Å². The topological polar surface area (TPSA) is 12.0 Å². The highest BCUT2D eigenvalue weighted by Gasteiger charge is 2.23. The van der Waals surface area contributed by atoms with Crippen LogP contribution in [0.4, 0.5) is 0 Å². The molecule has 1 nitrogen and oxygen atoms in total. The van der Waals surface area contributed by atoms with E-state index in [1.165, 1.54) is 51.5 Å². The summed E-state index contributed by atoms with van der Waals surface area (Å²) in [4.78, 5) is 0. The Morgan fingerprint density at radius 1 is 0.938 bits per heavy atom. The van der Waals surface area contributed by atoms with E-state index < -0.39 is 0 Å². The average molecular weight is 227 g/mol. The lowest BCUT2D eigenvalue weighted by Crippen LogP contribution is -2.45. The van der Waals surface area contributed by atoms with Crippen molar-refractivity contribution in [3.8, 4) is 0 Å². The van der Waals surface area contributed by atoms with Gasteiger partial charge in [0, 0.05) is 5.54 Å². The summed E-state index contributed by atoms with van der Waals surface area (Å²) in [6.45, 7) is 12.8. The third kappa shape index (κ3) is 5.34. The van der Waals surface area contributed by atoms with Gasteiger partial charge in [-0.3, -0.25) is 0 Å². The maximum atomic E-state index is 3.84. The highest BCUT2D eigenvalue weighted by atomic mass is 15.0. The van der Waals surface area contributed by atoms with Crippen LogP contribution in [0.5, 0.6) is 0 Å². The molecule has 0 radical (unpaired) electrons. The Bertz CT molecular complexity index is 141. The fraction of sp³-hybridized carbons (Fsp3) is 1.00. The van der Waals surface area contributed by atoms with Gasteiger partial charge in [-0.25, -0.2) is 0 Å². The van der Waals surface area contributed by atoms with Crippen LogP contribution in [0.2, 0.25) is 0 Å². The van der Waals surface area contributed by atoms with Crippen LogP contribution in [0, 0.1) is 5.92 Å². The van der Waals surface area contributed by atoms with E-state index >= 15 is 0 Å². The van der Waals surface area contributed by atoms with Crippen LogP contribution in [0.15, 0.2) is 0 Å². The molecule has 0 aliphatic carbocycles. The van der Waals surface area contributed by atoms with Gasteiger partial charge in [0.1, 0.15) is 0 Å². The van der Waals surface area contributed by atoms with E-state index in [0.717, 1.165) is 5.92 Å². The molecule has 0 amide bonds. The predicted octanol–water partition coefficient (Wildman–Crippen LogP) is 4.76. The highest BCUT2D eigenvalue weighted by Crippen LogP contribution is 2.21. The fourth-order valence-corrected chi connectivity index (χ4v) is 2.43. The van der Waals surface area contributed by atoms with Crippen LogP contribution in [0.1, 0.15) is 79.6 Å². The van der Waals surface area contributed by atoms with Gasteiger partial charge in [-0.1, -0.05) is 53.9 Å². The minimum Gasteiger partial charge on any atom is -0.311 e. The van der Waals surface area contributed by atoms with Crippen molar-refractivity contribution in [2.75, 3.05) is 6.54 Å². The van der Waals surface area contributed by atoms with Crippen LogP contribution in [0.25, 0.3) is 0 Å². The normalized spacial score (nSPS) is 14.1. The van der Waals surface area contributed by atoms with E-state index in [0.29, 0.717) is 5.54 Å². The zero-order chi connectivity index (χ0) is 12.4. The summed E-state index contributed by atoms with van der Waals surface area (Å²) in [6.07, 6.45) is 9.20. The number of hydrogen-bond acceptors (Lipinski definition) is 1. The maximum absolute atomic E-state index is 3.84. The number of nitrogens with one attached hydrogen (secondary N) is 1. The monoisotopic (exact) mass is 227 g/mol. The lowest BCUT2D eigenvalue weighted by molar-refractivity contribution is 0.261. The fourth-order valence-electron chi connectivity index (χ4n) is 2.43. The highest BCUT2D eigenvalue weighted by molar-refractivity contribution is 4.84. The summed E-state index contributed by atoms with van der Waals surface area (Å²) < 4.78 is 0. The second-order valence-corrected chi connectivity index (χ2v) is 5.14. The first-order valence-electron chi connectivity index (χ1n) is 7.42. The molecule has 98 valence electrons. The summed E-state index contributed by atoms with van der Waals surface area (Å²) in [5.41, 5.74) is 0.402. The summed E-state index contributed by atoms with van der Waals surface area (Å²) in [5.74, 6) is 0.879. The molecule has 0 saturated carbocycles. The molecule has 0 spiro atoms. The van der Waals surface area contributed by atoms with E-state index in [9.17, 15) is 0 Å². The minimum atomic E-state index is 0.402. The first kappa shape index (κ1) is 16.0. The van der Waals surface area contributed by atoms with Crippen molar-refractivity contribution < 1.29 is 0 Å². The van der Waals surface area contributed by atoms with Crippen LogP contribution in [0.3, 0.4) is 0 Å². The number of unbranched alkanes of at least 4 members (excludes halogenated alkanes) is 1. The smallest absolute Gasteiger partial charge is 0.0173 e. The first-order valence-corrected chi connectivity index (χ1v) is 7.42. The Morgan fingerprint density at radius 2 is 1.50 bits per heavy atom. The van der Waals surface area contributed by atoms with E-state index in [-0.39, 0.29) is 0 Å². The van der Waals surface area contributed by atoms with Gasteiger partial charge in [0.2, 0.25) is 0 Å². The van der Waals surface area contributed by atoms with E-state index in [1.807, 2.05) is 0 Å². The van der Waals surface area contributed by atoms with Gasteiger partial charge >= 0.3 is 0 Å². The summed E-state index contributed by atoms with van der Waals surface area (Å²) in [5, 5.41) is 3.84. The molecular formula is C15H33N. The first-order chi connectivity index (χ1) is 7.67. The zero-order valence-corrected chi connectivity index (χ0v) is 12.2. The van der Waals surface area contributed by atoms with Crippen molar-refractivity contribution >= 4 is 0 Å². The van der Waals surface area contributed by atoms with E-state index in [2.05, 4.69) is 39.9 Å². The van der Waals surface area contributed by atoms with Gasteiger partial charge in [-0.2, -0.15) is 0 Å². The van der Waals surface area contributed by atoms with Crippen molar-refractivity contribution in [3.63, 3.8) is 0 Å². The molecule has 0 aromatic heterocycles. The Kier molecular flexibility index (Phi) is 9.02. The third-order valence-electron chi connectivity index (χ3n) is 4.34. The predicted molar refractivity (Wildman–Crippen MR) is 74.9 cm³/mol. The van der Waals surface area contributed by atoms with Crippen LogP contribution >= 0.6 is 0 Å². The standard InChI is InChI=1S/C15H33N/c1-6-11-12-14(7-2)13-16-15(8-3,9-4)10-5/h14,16H,6-13H2,1-5H3. The van der Waals surface area contributed by atoms with Crippen LogP contribution in [-0.4, -0.2) is 12.1 Å². The van der Waals surface area contributed by atoms with Crippen molar-refractivity contribution in [1.82, 2.24) is 5.32 Å². The molecular weight excluding hydrogens is 194 g/mol. The zero-order valence-electron chi connectivity index (χ0n) is 12.2. The molecule has 0 saturated heterocycles. The van der Waals surface area contributed by atoms with Gasteiger partial charge in [0.25, 0.3) is 0 Å².